The van der Waals surface area contributed by atoms with Crippen LogP contribution < -0.4 is 0 Å². The topological polar surface area (TPSA) is 86.6 Å². The van der Waals surface area contributed by atoms with E-state index in [1.54, 1.807) is 35.4 Å². The summed E-state index contributed by atoms with van der Waals surface area (Å²) in [6, 6.07) is 7.04. The van der Waals surface area contributed by atoms with E-state index in [4.69, 9.17) is 16.7 Å². The maximum absolute atomic E-state index is 12.5. The van der Waals surface area contributed by atoms with E-state index in [0.29, 0.717) is 42.6 Å². The molecule has 1 aromatic carbocycles. The van der Waals surface area contributed by atoms with Gasteiger partial charge in [-0.25, -0.2) is 9.78 Å². The Labute approximate surface area is 143 Å². The lowest BCUT2D eigenvalue weighted by Gasteiger charge is -2.33. The molecule has 1 aliphatic heterocycles. The fraction of sp³-hybridized carbons (Fsp3) is 0.250. The van der Waals surface area contributed by atoms with Crippen LogP contribution in [-0.2, 0) is 0 Å². The largest absolute Gasteiger partial charge is 0.465 e. The van der Waals surface area contributed by atoms with Crippen molar-refractivity contribution in [3.05, 3.63) is 47.4 Å². The molecule has 124 valence electrons. The van der Waals surface area contributed by atoms with Crippen molar-refractivity contribution in [3.8, 4) is 11.3 Å². The molecule has 0 atom stereocenters. The number of rotatable bonds is 2. The van der Waals surface area contributed by atoms with E-state index in [9.17, 15) is 9.59 Å². The molecule has 7 nitrogen and oxygen atoms in total. The molecule has 0 aliphatic carbocycles. The molecule has 2 amide bonds. The Morgan fingerprint density at radius 3 is 2.21 bits per heavy atom. The van der Waals surface area contributed by atoms with Gasteiger partial charge in [0.05, 0.1) is 18.1 Å². The third kappa shape index (κ3) is 3.46. The minimum atomic E-state index is -0.950. The van der Waals surface area contributed by atoms with E-state index in [1.807, 2.05) is 0 Å². The molecule has 3 rings (SSSR count). The fourth-order valence-electron chi connectivity index (χ4n) is 2.55. The summed E-state index contributed by atoms with van der Waals surface area (Å²) in [6.07, 6.45) is 2.11. The summed E-state index contributed by atoms with van der Waals surface area (Å²) in [5.74, 6) is -0.108. The second-order valence-corrected chi connectivity index (χ2v) is 5.75. The lowest BCUT2D eigenvalue weighted by atomic mass is 10.1. The molecular formula is C16H15ClN4O3. The summed E-state index contributed by atoms with van der Waals surface area (Å²) in [4.78, 5) is 34.5. The van der Waals surface area contributed by atoms with Crippen molar-refractivity contribution >= 4 is 23.6 Å². The Morgan fingerprint density at radius 2 is 1.62 bits per heavy atom. The molecule has 0 radical (unpaired) electrons. The van der Waals surface area contributed by atoms with Gasteiger partial charge >= 0.3 is 6.09 Å². The molecule has 1 fully saturated rings. The predicted octanol–water partition coefficient (Wildman–Crippen LogP) is 2.23. The van der Waals surface area contributed by atoms with Gasteiger partial charge in [0, 0.05) is 37.3 Å². The zero-order chi connectivity index (χ0) is 17.1. The minimum Gasteiger partial charge on any atom is -0.465 e. The molecule has 1 aliphatic rings. The highest BCUT2D eigenvalue weighted by atomic mass is 35.5. The zero-order valence-corrected chi connectivity index (χ0v) is 13.5. The van der Waals surface area contributed by atoms with Gasteiger partial charge in [-0.2, -0.15) is 0 Å². The second-order valence-electron chi connectivity index (χ2n) is 5.37. The first-order valence-corrected chi connectivity index (χ1v) is 7.77. The number of benzene rings is 1. The van der Waals surface area contributed by atoms with E-state index in [2.05, 4.69) is 9.97 Å². The standard InChI is InChI=1S/C16H15ClN4O3/c17-14-10-18-9-13(19-14)11-1-3-12(4-2-11)15(22)20-5-7-21(8-6-20)16(23)24/h1-4,9-10H,5-8H2,(H,23,24). The molecule has 0 bridgehead atoms. The summed E-state index contributed by atoms with van der Waals surface area (Å²) < 4.78 is 0. The quantitative estimate of drug-likeness (QED) is 0.901. The van der Waals surface area contributed by atoms with Gasteiger partial charge in [-0.15, -0.1) is 0 Å². The number of hydrogen-bond acceptors (Lipinski definition) is 4. The first-order valence-electron chi connectivity index (χ1n) is 7.40. The Bertz CT molecular complexity index is 758. The van der Waals surface area contributed by atoms with Crippen LogP contribution in [0.25, 0.3) is 11.3 Å². The van der Waals surface area contributed by atoms with Gasteiger partial charge in [-0.3, -0.25) is 9.78 Å². The Balaban J connectivity index is 1.69. The van der Waals surface area contributed by atoms with Crippen molar-refractivity contribution in [2.75, 3.05) is 26.2 Å². The van der Waals surface area contributed by atoms with Crippen molar-refractivity contribution in [1.82, 2.24) is 19.8 Å². The third-order valence-electron chi connectivity index (χ3n) is 3.87. The molecule has 1 saturated heterocycles. The molecule has 0 spiro atoms. The van der Waals surface area contributed by atoms with Gasteiger partial charge in [-0.05, 0) is 12.1 Å². The lowest BCUT2D eigenvalue weighted by molar-refractivity contribution is 0.0625. The summed E-state index contributed by atoms with van der Waals surface area (Å²) in [6.45, 7) is 1.45. The number of piperazine rings is 1. The lowest BCUT2D eigenvalue weighted by Crippen LogP contribution is -2.50. The average Bonchev–Trinajstić information content (AvgIpc) is 2.61. The van der Waals surface area contributed by atoms with Gasteiger partial charge in [0.15, 0.2) is 0 Å². The SMILES string of the molecule is O=C(O)N1CCN(C(=O)c2ccc(-c3cncc(Cl)n3)cc2)CC1. The zero-order valence-electron chi connectivity index (χ0n) is 12.7. The number of carbonyl (C=O) groups is 2. The van der Waals surface area contributed by atoms with E-state index < -0.39 is 6.09 Å². The van der Waals surface area contributed by atoms with Crippen LogP contribution in [-0.4, -0.2) is 63.1 Å². The number of aromatic nitrogens is 2. The summed E-state index contributed by atoms with van der Waals surface area (Å²) in [5, 5.41) is 9.25. The normalized spacial score (nSPS) is 14.5. The summed E-state index contributed by atoms with van der Waals surface area (Å²) in [7, 11) is 0. The maximum atomic E-state index is 12.5. The molecule has 2 aromatic rings. The van der Waals surface area contributed by atoms with Crippen LogP contribution in [0.4, 0.5) is 4.79 Å². The molecule has 24 heavy (non-hydrogen) atoms. The number of amides is 2. The Hall–Kier alpha value is -2.67. The van der Waals surface area contributed by atoms with E-state index in [1.165, 1.54) is 11.1 Å². The third-order valence-corrected chi connectivity index (χ3v) is 4.05. The number of halogens is 1. The van der Waals surface area contributed by atoms with Crippen LogP contribution in [0.3, 0.4) is 0 Å². The van der Waals surface area contributed by atoms with E-state index >= 15 is 0 Å². The number of carbonyl (C=O) groups excluding carboxylic acids is 1. The molecule has 0 saturated carbocycles. The number of carboxylic acid groups (broad SMARTS) is 1. The molecule has 8 heteroatoms. The van der Waals surface area contributed by atoms with Gasteiger partial charge in [0.25, 0.3) is 5.91 Å². The monoisotopic (exact) mass is 346 g/mol. The Kier molecular flexibility index (Phi) is 4.61. The van der Waals surface area contributed by atoms with Gasteiger partial charge in [-0.1, -0.05) is 23.7 Å². The van der Waals surface area contributed by atoms with Crippen LogP contribution in [0, 0.1) is 0 Å². The molecule has 0 unspecified atom stereocenters. The number of nitrogens with zero attached hydrogens (tertiary/aromatic N) is 4. The van der Waals surface area contributed by atoms with Crippen molar-refractivity contribution in [2.24, 2.45) is 0 Å². The summed E-state index contributed by atoms with van der Waals surface area (Å²) in [5.41, 5.74) is 2.01. The first-order chi connectivity index (χ1) is 11.5. The summed E-state index contributed by atoms with van der Waals surface area (Å²) >= 11 is 5.83. The van der Waals surface area contributed by atoms with Crippen molar-refractivity contribution in [1.29, 1.82) is 0 Å². The van der Waals surface area contributed by atoms with Crippen LogP contribution in [0.1, 0.15) is 10.4 Å². The highest BCUT2D eigenvalue weighted by molar-refractivity contribution is 6.29. The number of hydrogen-bond donors (Lipinski definition) is 1. The first kappa shape index (κ1) is 16.2. The van der Waals surface area contributed by atoms with E-state index in [-0.39, 0.29) is 5.91 Å². The maximum Gasteiger partial charge on any atom is 0.407 e. The van der Waals surface area contributed by atoms with Crippen molar-refractivity contribution in [2.45, 2.75) is 0 Å². The van der Waals surface area contributed by atoms with E-state index in [0.717, 1.165) is 5.56 Å². The van der Waals surface area contributed by atoms with Crippen molar-refractivity contribution in [3.63, 3.8) is 0 Å². The van der Waals surface area contributed by atoms with Crippen LogP contribution in [0.15, 0.2) is 36.7 Å². The average molecular weight is 347 g/mol. The smallest absolute Gasteiger partial charge is 0.407 e. The highest BCUT2D eigenvalue weighted by Gasteiger charge is 2.24. The molecule has 1 N–H and O–H groups in total. The Morgan fingerprint density at radius 1 is 1.00 bits per heavy atom. The second kappa shape index (κ2) is 6.84. The van der Waals surface area contributed by atoms with Crippen molar-refractivity contribution < 1.29 is 14.7 Å². The molecule has 2 heterocycles. The minimum absolute atomic E-state index is 0.108. The van der Waals surface area contributed by atoms with Crippen LogP contribution in [0.2, 0.25) is 5.15 Å². The fourth-order valence-corrected chi connectivity index (χ4v) is 2.70. The highest BCUT2D eigenvalue weighted by Crippen LogP contribution is 2.19. The molecule has 1 aromatic heterocycles. The van der Waals surface area contributed by atoms with Gasteiger partial charge in [0.1, 0.15) is 5.15 Å². The predicted molar refractivity (Wildman–Crippen MR) is 88.0 cm³/mol. The molecular weight excluding hydrogens is 332 g/mol. The van der Waals surface area contributed by atoms with Crippen LogP contribution >= 0.6 is 11.6 Å². The van der Waals surface area contributed by atoms with Gasteiger partial charge in [0.2, 0.25) is 0 Å². The van der Waals surface area contributed by atoms with Crippen LogP contribution in [0.5, 0.6) is 0 Å². The van der Waals surface area contributed by atoms with Gasteiger partial charge < -0.3 is 14.9 Å².